The molecule has 8 heteroatoms. The molecule has 4 rings (SSSR count). The average Bonchev–Trinajstić information content (AvgIpc) is 3.16. The summed E-state index contributed by atoms with van der Waals surface area (Å²) in [6.45, 7) is 6.39. The molecule has 0 aliphatic carbocycles. The molecule has 1 aromatic carbocycles. The van der Waals surface area contributed by atoms with E-state index < -0.39 is 0 Å². The van der Waals surface area contributed by atoms with Crippen LogP contribution in [0.15, 0.2) is 47.3 Å². The Labute approximate surface area is 175 Å². The number of carbonyl (C=O) groups is 2. The average molecular weight is 409 g/mol. The van der Waals surface area contributed by atoms with E-state index in [0.717, 1.165) is 31.0 Å². The molecule has 1 unspecified atom stereocenters. The number of amides is 2. The van der Waals surface area contributed by atoms with Crippen LogP contribution in [0, 0.1) is 12.8 Å². The van der Waals surface area contributed by atoms with E-state index in [9.17, 15) is 14.4 Å². The van der Waals surface area contributed by atoms with Gasteiger partial charge in [-0.1, -0.05) is 18.2 Å². The predicted molar refractivity (Wildman–Crippen MR) is 113 cm³/mol. The first kappa shape index (κ1) is 20.3. The third kappa shape index (κ3) is 4.43. The highest BCUT2D eigenvalue weighted by Crippen LogP contribution is 2.26. The summed E-state index contributed by atoms with van der Waals surface area (Å²) in [5, 5.41) is 4.27. The lowest BCUT2D eigenvalue weighted by atomic mass is 10.1. The monoisotopic (exact) mass is 409 g/mol. The van der Waals surface area contributed by atoms with E-state index in [1.54, 1.807) is 17.0 Å². The largest absolute Gasteiger partial charge is 0.340 e. The predicted octanol–water partition coefficient (Wildman–Crippen LogP) is 0.749. The summed E-state index contributed by atoms with van der Waals surface area (Å²) in [6, 6.07) is 12.8. The topological polar surface area (TPSA) is 78.8 Å². The van der Waals surface area contributed by atoms with Gasteiger partial charge in [0.15, 0.2) is 0 Å². The molecule has 2 aliphatic heterocycles. The lowest BCUT2D eigenvalue weighted by Gasteiger charge is -2.35. The summed E-state index contributed by atoms with van der Waals surface area (Å²) < 4.78 is 1.50. The molecule has 1 aromatic heterocycles. The Morgan fingerprint density at radius 3 is 2.47 bits per heavy atom. The van der Waals surface area contributed by atoms with Gasteiger partial charge in [0.1, 0.15) is 0 Å². The van der Waals surface area contributed by atoms with Gasteiger partial charge in [-0.3, -0.25) is 19.3 Å². The number of piperazine rings is 1. The van der Waals surface area contributed by atoms with Crippen LogP contribution in [0.5, 0.6) is 0 Å². The van der Waals surface area contributed by atoms with Crippen LogP contribution in [0.25, 0.3) is 0 Å². The molecule has 0 spiro atoms. The molecule has 0 saturated carbocycles. The van der Waals surface area contributed by atoms with Crippen LogP contribution in [0.4, 0.5) is 5.69 Å². The molecule has 30 heavy (non-hydrogen) atoms. The molecular formula is C22H27N5O3. The molecule has 1 atom stereocenters. The van der Waals surface area contributed by atoms with Crippen molar-refractivity contribution in [1.29, 1.82) is 0 Å². The Kier molecular flexibility index (Phi) is 5.94. The minimum absolute atomic E-state index is 0.00859. The van der Waals surface area contributed by atoms with Crippen LogP contribution in [0.2, 0.25) is 0 Å². The van der Waals surface area contributed by atoms with Crippen molar-refractivity contribution in [3.63, 3.8) is 0 Å². The van der Waals surface area contributed by atoms with Gasteiger partial charge in [-0.15, -0.1) is 0 Å². The van der Waals surface area contributed by atoms with Gasteiger partial charge >= 0.3 is 0 Å². The summed E-state index contributed by atoms with van der Waals surface area (Å²) in [6.07, 6.45) is 0.274. The van der Waals surface area contributed by atoms with Crippen LogP contribution < -0.4 is 10.5 Å². The lowest BCUT2D eigenvalue weighted by molar-refractivity contribution is -0.137. The number of nitrogens with zero attached hydrogens (tertiary/aromatic N) is 5. The summed E-state index contributed by atoms with van der Waals surface area (Å²) in [7, 11) is 0. The fourth-order valence-corrected chi connectivity index (χ4v) is 4.13. The highest BCUT2D eigenvalue weighted by Gasteiger charge is 2.37. The number of hydrogen-bond donors (Lipinski definition) is 0. The molecule has 2 saturated heterocycles. The van der Waals surface area contributed by atoms with Gasteiger partial charge in [0.2, 0.25) is 11.8 Å². The minimum Gasteiger partial charge on any atom is -0.340 e. The molecule has 3 heterocycles. The second-order valence-corrected chi connectivity index (χ2v) is 7.94. The Bertz CT molecular complexity index is 966. The summed E-state index contributed by atoms with van der Waals surface area (Å²) >= 11 is 0. The maximum Gasteiger partial charge on any atom is 0.266 e. The van der Waals surface area contributed by atoms with Gasteiger partial charge in [0.25, 0.3) is 5.56 Å². The maximum atomic E-state index is 13.0. The highest BCUT2D eigenvalue weighted by atomic mass is 16.2. The van der Waals surface area contributed by atoms with Crippen molar-refractivity contribution in [2.75, 3.05) is 44.2 Å². The fourth-order valence-electron chi connectivity index (χ4n) is 4.13. The van der Waals surface area contributed by atoms with E-state index >= 15 is 0 Å². The van der Waals surface area contributed by atoms with Gasteiger partial charge in [-0.2, -0.15) is 5.10 Å². The van der Waals surface area contributed by atoms with Crippen LogP contribution in [-0.4, -0.2) is 70.7 Å². The zero-order chi connectivity index (χ0) is 21.1. The summed E-state index contributed by atoms with van der Waals surface area (Å²) in [4.78, 5) is 43.1. The number of para-hydroxylation sites is 1. The Hall–Kier alpha value is -3.00. The van der Waals surface area contributed by atoms with Crippen molar-refractivity contribution in [3.05, 3.63) is 58.5 Å². The lowest BCUT2D eigenvalue weighted by Crippen LogP contribution is -2.51. The first-order chi connectivity index (χ1) is 14.5. The third-order valence-electron chi connectivity index (χ3n) is 5.85. The van der Waals surface area contributed by atoms with E-state index in [1.165, 1.54) is 4.68 Å². The van der Waals surface area contributed by atoms with E-state index in [-0.39, 0.29) is 29.7 Å². The molecule has 2 aliphatic rings. The smallest absolute Gasteiger partial charge is 0.266 e. The zero-order valence-electron chi connectivity index (χ0n) is 17.2. The van der Waals surface area contributed by atoms with E-state index in [2.05, 4.69) is 10.00 Å². The molecule has 0 radical (unpaired) electrons. The zero-order valence-corrected chi connectivity index (χ0v) is 17.2. The second-order valence-electron chi connectivity index (χ2n) is 7.94. The third-order valence-corrected chi connectivity index (χ3v) is 5.85. The fraction of sp³-hybridized carbons (Fsp3) is 0.455. The van der Waals surface area contributed by atoms with Gasteiger partial charge in [0, 0.05) is 57.4 Å². The first-order valence-corrected chi connectivity index (χ1v) is 10.4. The Morgan fingerprint density at radius 1 is 1.00 bits per heavy atom. The van der Waals surface area contributed by atoms with Crippen LogP contribution in [-0.2, 0) is 16.1 Å². The number of benzene rings is 1. The molecule has 158 valence electrons. The Balaban J connectivity index is 1.28. The molecular weight excluding hydrogens is 382 g/mol. The van der Waals surface area contributed by atoms with Crippen LogP contribution in [0.3, 0.4) is 0 Å². The van der Waals surface area contributed by atoms with Crippen LogP contribution >= 0.6 is 0 Å². The van der Waals surface area contributed by atoms with E-state index in [1.807, 2.05) is 42.2 Å². The number of aromatic nitrogens is 2. The number of rotatable bonds is 5. The molecule has 0 bridgehead atoms. The van der Waals surface area contributed by atoms with Crippen molar-refractivity contribution < 1.29 is 9.59 Å². The molecule has 2 amide bonds. The SMILES string of the molecule is Cc1ccc(=O)n(CCN2CCN(C(=O)C3CC(=O)N(c4ccccc4)C3)CC2)n1. The molecule has 2 aromatic rings. The van der Waals surface area contributed by atoms with E-state index in [4.69, 9.17) is 0 Å². The second kappa shape index (κ2) is 8.79. The standard InChI is InChI=1S/C22H27N5O3/c1-17-7-8-20(28)27(23-17)14-11-24-9-12-25(13-10-24)22(30)18-15-21(29)26(16-18)19-5-3-2-4-6-19/h2-8,18H,9-16H2,1H3. The number of carbonyl (C=O) groups excluding carboxylic acids is 2. The Morgan fingerprint density at radius 2 is 1.73 bits per heavy atom. The molecule has 8 nitrogen and oxygen atoms in total. The number of anilines is 1. The molecule has 0 N–H and O–H groups in total. The number of aryl methyl sites for hydroxylation is 1. The summed E-state index contributed by atoms with van der Waals surface area (Å²) in [5.74, 6) is -0.202. The van der Waals surface area contributed by atoms with Gasteiger partial charge in [0.05, 0.1) is 18.2 Å². The normalized spacial score (nSPS) is 20.0. The van der Waals surface area contributed by atoms with Crippen molar-refractivity contribution in [1.82, 2.24) is 19.6 Å². The van der Waals surface area contributed by atoms with Crippen molar-refractivity contribution >= 4 is 17.5 Å². The molecule has 2 fully saturated rings. The van der Waals surface area contributed by atoms with Crippen molar-refractivity contribution in [3.8, 4) is 0 Å². The first-order valence-electron chi connectivity index (χ1n) is 10.4. The van der Waals surface area contributed by atoms with Crippen molar-refractivity contribution in [2.24, 2.45) is 5.92 Å². The van der Waals surface area contributed by atoms with Crippen molar-refractivity contribution in [2.45, 2.75) is 19.9 Å². The quantitative estimate of drug-likeness (QED) is 0.728. The van der Waals surface area contributed by atoms with Gasteiger partial charge in [-0.05, 0) is 25.1 Å². The van der Waals surface area contributed by atoms with Gasteiger partial charge in [-0.25, -0.2) is 4.68 Å². The van der Waals surface area contributed by atoms with Gasteiger partial charge < -0.3 is 9.80 Å². The van der Waals surface area contributed by atoms with Crippen LogP contribution in [0.1, 0.15) is 12.1 Å². The highest BCUT2D eigenvalue weighted by molar-refractivity contribution is 6.00. The van der Waals surface area contributed by atoms with E-state index in [0.29, 0.717) is 26.2 Å². The summed E-state index contributed by atoms with van der Waals surface area (Å²) in [5.41, 5.74) is 1.58. The minimum atomic E-state index is -0.278. The maximum absolute atomic E-state index is 13.0. The number of hydrogen-bond acceptors (Lipinski definition) is 5.